The van der Waals surface area contributed by atoms with Crippen molar-refractivity contribution >= 4 is 23.1 Å². The summed E-state index contributed by atoms with van der Waals surface area (Å²) in [4.78, 5) is 2.22. The molecule has 114 valence electrons. The van der Waals surface area contributed by atoms with Crippen LogP contribution in [-0.4, -0.2) is 11.7 Å². The second kappa shape index (κ2) is 7.43. The molecule has 1 N–H and O–H groups in total. The normalized spacial score (nSPS) is 10.8. The number of para-hydroxylation sites is 2. The number of benzene rings is 3. The van der Waals surface area contributed by atoms with Gasteiger partial charge in [-0.2, -0.15) is 0 Å². The molecule has 23 heavy (non-hydrogen) atoms. The highest BCUT2D eigenvalue weighted by molar-refractivity contribution is 5.76. The van der Waals surface area contributed by atoms with Gasteiger partial charge in [-0.05, 0) is 42.0 Å². The zero-order valence-corrected chi connectivity index (χ0v) is 12.8. The van der Waals surface area contributed by atoms with Gasteiger partial charge < -0.3 is 10.0 Å². The Kier molecular flexibility index (Phi) is 4.87. The number of hydrogen-bond acceptors (Lipinski definition) is 2. The van der Waals surface area contributed by atoms with Crippen molar-refractivity contribution in [3.63, 3.8) is 0 Å². The van der Waals surface area contributed by atoms with Crippen LogP contribution >= 0.6 is 0 Å². The summed E-state index contributed by atoms with van der Waals surface area (Å²) in [7, 11) is 0. The highest BCUT2D eigenvalue weighted by Crippen LogP contribution is 2.34. The second-order valence-corrected chi connectivity index (χ2v) is 5.18. The van der Waals surface area contributed by atoms with Gasteiger partial charge in [0.2, 0.25) is 0 Å². The molecule has 3 rings (SSSR count). The molecule has 0 aliphatic carbocycles. The highest BCUT2D eigenvalue weighted by Gasteiger charge is 2.10. The van der Waals surface area contributed by atoms with Gasteiger partial charge in [0.15, 0.2) is 0 Å². The fourth-order valence-corrected chi connectivity index (χ4v) is 2.52. The lowest BCUT2D eigenvalue weighted by molar-refractivity contribution is 0.343. The lowest BCUT2D eigenvalue weighted by Gasteiger charge is -2.25. The molecule has 0 saturated carbocycles. The van der Waals surface area contributed by atoms with Crippen molar-refractivity contribution in [3.05, 3.63) is 96.6 Å². The molecule has 0 amide bonds. The summed E-state index contributed by atoms with van der Waals surface area (Å²) >= 11 is 0. The highest BCUT2D eigenvalue weighted by atomic mass is 16.2. The molecule has 0 radical (unpaired) electrons. The lowest BCUT2D eigenvalue weighted by Crippen LogP contribution is -2.09. The molecule has 3 aromatic rings. The van der Waals surface area contributed by atoms with Gasteiger partial charge >= 0.3 is 0 Å². The number of anilines is 3. The van der Waals surface area contributed by atoms with Crippen LogP contribution in [0.3, 0.4) is 0 Å². The van der Waals surface area contributed by atoms with Crippen LogP contribution in [0.15, 0.2) is 91.0 Å². The molecule has 0 unspecified atom stereocenters. The van der Waals surface area contributed by atoms with E-state index in [1.54, 1.807) is 6.08 Å². The van der Waals surface area contributed by atoms with Crippen molar-refractivity contribution in [2.45, 2.75) is 0 Å². The summed E-state index contributed by atoms with van der Waals surface area (Å²) in [5, 5.41) is 8.87. The Morgan fingerprint density at radius 1 is 0.652 bits per heavy atom. The van der Waals surface area contributed by atoms with Crippen molar-refractivity contribution in [3.8, 4) is 0 Å². The van der Waals surface area contributed by atoms with E-state index >= 15 is 0 Å². The van der Waals surface area contributed by atoms with E-state index in [1.165, 1.54) is 0 Å². The first-order chi connectivity index (χ1) is 11.4. The Morgan fingerprint density at radius 3 is 1.61 bits per heavy atom. The van der Waals surface area contributed by atoms with Crippen LogP contribution in [0, 0.1) is 0 Å². The van der Waals surface area contributed by atoms with Crippen molar-refractivity contribution in [2.75, 3.05) is 11.5 Å². The van der Waals surface area contributed by atoms with Crippen molar-refractivity contribution < 1.29 is 5.11 Å². The monoisotopic (exact) mass is 301 g/mol. The zero-order valence-electron chi connectivity index (χ0n) is 12.8. The van der Waals surface area contributed by atoms with Crippen molar-refractivity contribution in [2.24, 2.45) is 0 Å². The van der Waals surface area contributed by atoms with Gasteiger partial charge in [0.1, 0.15) is 0 Å². The average Bonchev–Trinajstić information content (AvgIpc) is 2.63. The molecule has 0 aliphatic heterocycles. The van der Waals surface area contributed by atoms with Gasteiger partial charge in [0, 0.05) is 17.1 Å². The van der Waals surface area contributed by atoms with E-state index < -0.39 is 0 Å². The van der Waals surface area contributed by atoms with Crippen LogP contribution in [0.5, 0.6) is 0 Å². The number of rotatable bonds is 5. The predicted molar refractivity (Wildman–Crippen MR) is 97.2 cm³/mol. The minimum atomic E-state index is 0.0574. The topological polar surface area (TPSA) is 23.5 Å². The largest absolute Gasteiger partial charge is 0.392 e. The number of aliphatic hydroxyl groups is 1. The first-order valence-corrected chi connectivity index (χ1v) is 7.66. The Labute approximate surface area is 137 Å². The van der Waals surface area contributed by atoms with E-state index in [9.17, 15) is 0 Å². The molecule has 0 fully saturated rings. The molecule has 2 nitrogen and oxygen atoms in total. The molecule has 0 aromatic heterocycles. The van der Waals surface area contributed by atoms with Gasteiger partial charge in [-0.3, -0.25) is 0 Å². The standard InChI is InChI=1S/C21H19NO/c23-17-7-8-18-13-15-21(16-14-18)22(19-9-3-1-4-10-19)20-11-5-2-6-12-20/h1-16,23H,17H2/b8-7+. The quantitative estimate of drug-likeness (QED) is 0.703. The van der Waals surface area contributed by atoms with Gasteiger partial charge in [0.05, 0.1) is 6.61 Å². The average molecular weight is 301 g/mol. The fraction of sp³-hybridized carbons (Fsp3) is 0.0476. The van der Waals surface area contributed by atoms with Crippen LogP contribution in [0.1, 0.15) is 5.56 Å². The van der Waals surface area contributed by atoms with Crippen molar-refractivity contribution in [1.82, 2.24) is 0 Å². The molecule has 0 aliphatic rings. The first-order valence-electron chi connectivity index (χ1n) is 7.66. The van der Waals surface area contributed by atoms with Gasteiger partial charge in [0.25, 0.3) is 0 Å². The minimum absolute atomic E-state index is 0.0574. The SMILES string of the molecule is OC/C=C/c1ccc(N(c2ccccc2)c2ccccc2)cc1. The number of aliphatic hydroxyl groups excluding tert-OH is 1. The summed E-state index contributed by atoms with van der Waals surface area (Å²) in [5.41, 5.74) is 4.42. The third kappa shape index (κ3) is 3.68. The molecule has 0 saturated heterocycles. The van der Waals surface area contributed by atoms with Crippen LogP contribution in [0.25, 0.3) is 6.08 Å². The summed E-state index contributed by atoms with van der Waals surface area (Å²) in [5.74, 6) is 0. The summed E-state index contributed by atoms with van der Waals surface area (Å²) in [6, 6.07) is 28.9. The van der Waals surface area contributed by atoms with Gasteiger partial charge in [-0.1, -0.05) is 60.7 Å². The minimum Gasteiger partial charge on any atom is -0.392 e. The molecule has 0 spiro atoms. The molecule has 0 bridgehead atoms. The Hall–Kier alpha value is -2.84. The Balaban J connectivity index is 2.00. The number of hydrogen-bond donors (Lipinski definition) is 1. The molecule has 3 aromatic carbocycles. The zero-order chi connectivity index (χ0) is 15.9. The van der Waals surface area contributed by atoms with Crippen LogP contribution in [0.4, 0.5) is 17.1 Å². The van der Waals surface area contributed by atoms with E-state index in [0.29, 0.717) is 0 Å². The summed E-state index contributed by atoms with van der Waals surface area (Å²) in [6.45, 7) is 0.0574. The van der Waals surface area contributed by atoms with E-state index in [1.807, 2.05) is 42.5 Å². The van der Waals surface area contributed by atoms with Crippen LogP contribution < -0.4 is 4.90 Å². The second-order valence-electron chi connectivity index (χ2n) is 5.18. The summed E-state index contributed by atoms with van der Waals surface area (Å²) in [6.07, 6.45) is 3.65. The predicted octanol–water partition coefficient (Wildman–Crippen LogP) is 5.16. The Bertz CT molecular complexity index is 709. The first kappa shape index (κ1) is 15.1. The van der Waals surface area contributed by atoms with Gasteiger partial charge in [-0.25, -0.2) is 0 Å². The molecule has 2 heteroatoms. The third-order valence-corrected chi connectivity index (χ3v) is 3.60. The van der Waals surface area contributed by atoms with E-state index in [4.69, 9.17) is 5.11 Å². The maximum absolute atomic E-state index is 8.87. The molecular formula is C21H19NO. The van der Waals surface area contributed by atoms with Gasteiger partial charge in [-0.15, -0.1) is 0 Å². The van der Waals surface area contributed by atoms with E-state index in [0.717, 1.165) is 22.6 Å². The molecule has 0 atom stereocenters. The lowest BCUT2D eigenvalue weighted by atomic mass is 10.1. The van der Waals surface area contributed by atoms with E-state index in [-0.39, 0.29) is 6.61 Å². The summed E-state index contributed by atoms with van der Waals surface area (Å²) < 4.78 is 0. The van der Waals surface area contributed by atoms with Crippen LogP contribution in [-0.2, 0) is 0 Å². The smallest absolute Gasteiger partial charge is 0.0615 e. The fourth-order valence-electron chi connectivity index (χ4n) is 2.52. The van der Waals surface area contributed by atoms with Crippen LogP contribution in [0.2, 0.25) is 0 Å². The maximum atomic E-state index is 8.87. The van der Waals surface area contributed by atoms with Crippen molar-refractivity contribution in [1.29, 1.82) is 0 Å². The Morgan fingerprint density at radius 2 is 1.13 bits per heavy atom. The molecule has 0 heterocycles. The maximum Gasteiger partial charge on any atom is 0.0615 e. The molecular weight excluding hydrogens is 282 g/mol. The number of nitrogens with zero attached hydrogens (tertiary/aromatic N) is 1. The van der Waals surface area contributed by atoms with E-state index in [2.05, 4.69) is 53.4 Å². The third-order valence-electron chi connectivity index (χ3n) is 3.60.